The molecule has 0 spiro atoms. The average Bonchev–Trinajstić information content (AvgIpc) is 1.99. The molecule has 0 aliphatic rings. The summed E-state index contributed by atoms with van der Waals surface area (Å²) < 4.78 is 22.2. The fourth-order valence-corrected chi connectivity index (χ4v) is 0.629. The van der Waals surface area contributed by atoms with Crippen LogP contribution in [-0.4, -0.2) is 10.8 Å². The quantitative estimate of drug-likeness (QED) is 0.516. The summed E-state index contributed by atoms with van der Waals surface area (Å²) in [5, 5.41) is 0. The summed E-state index contributed by atoms with van der Waals surface area (Å²) in [4.78, 5) is 14.6. The van der Waals surface area contributed by atoms with Gasteiger partial charge >= 0.3 is 0 Å². The van der Waals surface area contributed by atoms with Crippen LogP contribution in [0.15, 0.2) is 22.9 Å². The SMILES string of the molecule is [2H]c1nc(Br)c([2H])c([2H])c1C(C)=O. The molecule has 0 aliphatic carbocycles. The summed E-state index contributed by atoms with van der Waals surface area (Å²) in [7, 11) is 0. The first-order valence-corrected chi connectivity index (χ1v) is 3.38. The topological polar surface area (TPSA) is 30.0 Å². The Morgan fingerprint density at radius 2 is 2.50 bits per heavy atom. The summed E-state index contributed by atoms with van der Waals surface area (Å²) >= 11 is 2.93. The Bertz CT molecular complexity index is 380. The fraction of sp³-hybridized carbons (Fsp3) is 0.143. The lowest BCUT2D eigenvalue weighted by Gasteiger charge is -1.92. The minimum atomic E-state index is -0.413. The van der Waals surface area contributed by atoms with Gasteiger partial charge in [-0.2, -0.15) is 0 Å². The Labute approximate surface area is 71.6 Å². The number of Topliss-reactive ketones (excluding diaryl/α,β-unsaturated/α-hetero) is 1. The zero-order valence-electron chi connectivity index (χ0n) is 8.23. The first-order valence-electron chi connectivity index (χ1n) is 4.09. The molecule has 0 unspecified atom stereocenters. The van der Waals surface area contributed by atoms with Crippen molar-refractivity contribution in [3.8, 4) is 0 Å². The van der Waals surface area contributed by atoms with Crippen LogP contribution in [0.2, 0.25) is 0 Å². The molecule has 0 saturated heterocycles. The maximum Gasteiger partial charge on any atom is 0.161 e. The van der Waals surface area contributed by atoms with E-state index in [1.54, 1.807) is 0 Å². The highest BCUT2D eigenvalue weighted by Gasteiger charge is 1.96. The lowest BCUT2D eigenvalue weighted by atomic mass is 10.2. The molecule has 0 amide bonds. The van der Waals surface area contributed by atoms with E-state index in [1.165, 1.54) is 6.92 Å². The van der Waals surface area contributed by atoms with Crippen LogP contribution in [0.3, 0.4) is 0 Å². The zero-order chi connectivity index (χ0) is 10.2. The molecular formula is C7H6BrNO. The molecule has 1 heterocycles. The summed E-state index contributed by atoms with van der Waals surface area (Å²) in [6, 6.07) is -0.416. The van der Waals surface area contributed by atoms with Gasteiger partial charge in [0.25, 0.3) is 0 Å². The molecule has 0 atom stereocenters. The second kappa shape index (κ2) is 2.92. The van der Waals surface area contributed by atoms with Gasteiger partial charge < -0.3 is 0 Å². The number of carbonyl (C=O) groups excluding carboxylic acids is 1. The molecule has 0 aromatic carbocycles. The number of pyridine rings is 1. The number of hydrogen-bond donors (Lipinski definition) is 0. The summed E-state index contributed by atoms with van der Waals surface area (Å²) in [5.74, 6) is -0.413. The van der Waals surface area contributed by atoms with Gasteiger partial charge in [-0.15, -0.1) is 0 Å². The van der Waals surface area contributed by atoms with Crippen LogP contribution in [0.5, 0.6) is 0 Å². The van der Waals surface area contributed by atoms with Crippen LogP contribution < -0.4 is 0 Å². The molecule has 0 saturated carbocycles. The van der Waals surface area contributed by atoms with E-state index in [0.717, 1.165) is 0 Å². The number of nitrogens with zero attached hydrogens (tertiary/aromatic N) is 1. The van der Waals surface area contributed by atoms with Crippen LogP contribution >= 0.6 is 15.9 Å². The van der Waals surface area contributed by atoms with E-state index < -0.39 is 5.78 Å². The van der Waals surface area contributed by atoms with Crippen molar-refractivity contribution in [2.75, 3.05) is 0 Å². The van der Waals surface area contributed by atoms with Gasteiger partial charge in [-0.25, -0.2) is 4.98 Å². The van der Waals surface area contributed by atoms with Crippen molar-refractivity contribution in [1.29, 1.82) is 0 Å². The van der Waals surface area contributed by atoms with Crippen molar-refractivity contribution in [2.45, 2.75) is 6.92 Å². The smallest absolute Gasteiger partial charge is 0.161 e. The predicted octanol–water partition coefficient (Wildman–Crippen LogP) is 2.05. The van der Waals surface area contributed by atoms with Crippen LogP contribution in [0.25, 0.3) is 0 Å². The summed E-state index contributed by atoms with van der Waals surface area (Å²) in [5.41, 5.74) is -0.104. The van der Waals surface area contributed by atoms with Crippen molar-refractivity contribution in [3.63, 3.8) is 0 Å². The summed E-state index contributed by atoms with van der Waals surface area (Å²) in [6.07, 6.45) is -0.264. The monoisotopic (exact) mass is 202 g/mol. The fourth-order valence-electron chi connectivity index (χ4n) is 0.442. The van der Waals surface area contributed by atoms with Gasteiger partial charge in [0.15, 0.2) is 5.78 Å². The molecule has 52 valence electrons. The lowest BCUT2D eigenvalue weighted by molar-refractivity contribution is 0.101. The third-order valence-corrected chi connectivity index (χ3v) is 1.28. The number of rotatable bonds is 1. The molecule has 3 heteroatoms. The van der Waals surface area contributed by atoms with Gasteiger partial charge in [-0.3, -0.25) is 4.79 Å². The van der Waals surface area contributed by atoms with Gasteiger partial charge in [0.1, 0.15) is 4.60 Å². The normalized spacial score (nSPS) is 13.6. The third kappa shape index (κ3) is 1.64. The van der Waals surface area contributed by atoms with Crippen molar-refractivity contribution in [2.24, 2.45) is 0 Å². The van der Waals surface area contributed by atoms with Crippen molar-refractivity contribution < 1.29 is 8.91 Å². The number of hydrogen-bond acceptors (Lipinski definition) is 2. The highest BCUT2D eigenvalue weighted by atomic mass is 79.9. The molecule has 0 aliphatic heterocycles. The highest BCUT2D eigenvalue weighted by molar-refractivity contribution is 9.10. The Morgan fingerprint density at radius 1 is 1.80 bits per heavy atom. The van der Waals surface area contributed by atoms with E-state index in [4.69, 9.17) is 4.11 Å². The predicted molar refractivity (Wildman–Crippen MR) is 41.9 cm³/mol. The van der Waals surface area contributed by atoms with Crippen LogP contribution in [0.4, 0.5) is 0 Å². The molecule has 2 nitrogen and oxygen atoms in total. The van der Waals surface area contributed by atoms with Crippen molar-refractivity contribution in [3.05, 3.63) is 28.4 Å². The van der Waals surface area contributed by atoms with Crippen molar-refractivity contribution in [1.82, 2.24) is 4.98 Å². The third-order valence-electron chi connectivity index (χ3n) is 0.909. The van der Waals surface area contributed by atoms with E-state index in [0.29, 0.717) is 0 Å². The van der Waals surface area contributed by atoms with Gasteiger partial charge in [0.05, 0.1) is 4.11 Å². The van der Waals surface area contributed by atoms with Crippen LogP contribution in [-0.2, 0) is 0 Å². The van der Waals surface area contributed by atoms with Crippen LogP contribution in [0, 0.1) is 0 Å². The van der Waals surface area contributed by atoms with Crippen LogP contribution in [0.1, 0.15) is 21.4 Å². The maximum absolute atomic E-state index is 11.0. The molecule has 1 aromatic rings. The number of aromatic nitrogens is 1. The molecule has 0 radical (unpaired) electrons. The molecule has 0 bridgehead atoms. The summed E-state index contributed by atoms with van der Waals surface area (Å²) in [6.45, 7) is 1.25. The molecule has 0 N–H and O–H groups in total. The molecule has 0 fully saturated rings. The molecule has 1 aromatic heterocycles. The molecule has 1 rings (SSSR count). The van der Waals surface area contributed by atoms with Gasteiger partial charge in [-0.1, -0.05) is 0 Å². The van der Waals surface area contributed by atoms with E-state index in [2.05, 4.69) is 20.9 Å². The first-order chi connectivity index (χ1) is 5.95. The highest BCUT2D eigenvalue weighted by Crippen LogP contribution is 2.06. The minimum Gasteiger partial charge on any atom is -0.294 e. The number of ketones is 1. The Balaban J connectivity index is 3.53. The average molecular weight is 203 g/mol. The Hall–Kier alpha value is -0.700. The molecular weight excluding hydrogens is 194 g/mol. The Morgan fingerprint density at radius 3 is 3.10 bits per heavy atom. The maximum atomic E-state index is 11.0. The minimum absolute atomic E-state index is 0.104. The zero-order valence-corrected chi connectivity index (χ0v) is 6.82. The second-order valence-electron chi connectivity index (χ2n) is 1.70. The number of halogens is 1. The van der Waals surface area contributed by atoms with E-state index in [-0.39, 0.29) is 28.4 Å². The second-order valence-corrected chi connectivity index (χ2v) is 2.45. The van der Waals surface area contributed by atoms with Crippen molar-refractivity contribution >= 4 is 21.7 Å². The molecule has 10 heavy (non-hydrogen) atoms. The van der Waals surface area contributed by atoms with E-state index in [9.17, 15) is 4.79 Å². The van der Waals surface area contributed by atoms with Gasteiger partial charge in [-0.05, 0) is 34.9 Å². The van der Waals surface area contributed by atoms with Gasteiger partial charge in [0.2, 0.25) is 0 Å². The lowest BCUT2D eigenvalue weighted by Crippen LogP contribution is -1.91. The van der Waals surface area contributed by atoms with E-state index >= 15 is 0 Å². The largest absolute Gasteiger partial charge is 0.294 e. The standard InChI is InChI=1S/C7H6BrNO/c1-5(10)6-2-3-7(8)9-4-6/h2-4H,1H3/i2D,3D,4D. The van der Waals surface area contributed by atoms with Gasteiger partial charge in [0, 0.05) is 11.7 Å². The van der Waals surface area contributed by atoms with E-state index in [1.807, 2.05) is 0 Å². The first kappa shape index (κ1) is 4.23. The number of carbonyl (C=O) groups is 1. The Kier molecular flexibility index (Phi) is 1.24.